The van der Waals surface area contributed by atoms with Crippen molar-refractivity contribution in [2.24, 2.45) is 0 Å². The Morgan fingerprint density at radius 3 is 2.57 bits per heavy atom. The molecule has 6 heteroatoms. The van der Waals surface area contributed by atoms with Crippen LogP contribution in [0.4, 0.5) is 5.82 Å². The molecular formula is C22H26N4O2. The lowest BCUT2D eigenvalue weighted by Gasteiger charge is -2.15. The van der Waals surface area contributed by atoms with E-state index in [1.165, 1.54) is 0 Å². The molecule has 1 N–H and O–H groups in total. The van der Waals surface area contributed by atoms with E-state index >= 15 is 0 Å². The molecule has 28 heavy (non-hydrogen) atoms. The van der Waals surface area contributed by atoms with Gasteiger partial charge in [0.2, 0.25) is 0 Å². The van der Waals surface area contributed by atoms with Crippen molar-refractivity contribution in [3.63, 3.8) is 0 Å². The highest BCUT2D eigenvalue weighted by Crippen LogP contribution is 2.26. The highest BCUT2D eigenvalue weighted by atomic mass is 16.5. The molecule has 0 saturated heterocycles. The number of carbonyl (C=O) groups is 1. The van der Waals surface area contributed by atoms with Crippen LogP contribution in [0, 0.1) is 6.92 Å². The predicted molar refractivity (Wildman–Crippen MR) is 110 cm³/mol. The highest BCUT2D eigenvalue weighted by Gasteiger charge is 2.23. The van der Waals surface area contributed by atoms with Crippen molar-refractivity contribution in [2.75, 3.05) is 5.32 Å². The zero-order valence-corrected chi connectivity index (χ0v) is 16.9. The zero-order valence-electron chi connectivity index (χ0n) is 16.9. The third kappa shape index (κ3) is 4.57. The van der Waals surface area contributed by atoms with Gasteiger partial charge in [0, 0.05) is 17.7 Å². The second kappa shape index (κ2) is 7.84. The smallest absolute Gasteiger partial charge is 0.266 e. The van der Waals surface area contributed by atoms with Gasteiger partial charge >= 0.3 is 0 Å². The molecule has 3 aromatic rings. The summed E-state index contributed by atoms with van der Waals surface area (Å²) in [7, 11) is 0. The van der Waals surface area contributed by atoms with E-state index in [2.05, 4.69) is 36.2 Å². The topological polar surface area (TPSA) is 69.0 Å². The number of nitrogens with one attached hydrogen (secondary N) is 1. The van der Waals surface area contributed by atoms with Crippen molar-refractivity contribution in [1.82, 2.24) is 14.8 Å². The molecule has 0 bridgehead atoms. The van der Waals surface area contributed by atoms with Crippen molar-refractivity contribution < 1.29 is 9.53 Å². The van der Waals surface area contributed by atoms with Crippen molar-refractivity contribution >= 4 is 11.7 Å². The summed E-state index contributed by atoms with van der Waals surface area (Å²) in [6, 6.07) is 15.1. The fourth-order valence-corrected chi connectivity index (χ4v) is 2.66. The fourth-order valence-electron chi connectivity index (χ4n) is 2.66. The molecule has 6 nitrogen and oxygen atoms in total. The molecule has 0 radical (unpaired) electrons. The first kappa shape index (κ1) is 19.6. The van der Waals surface area contributed by atoms with Crippen LogP contribution in [0.5, 0.6) is 5.75 Å². The molecule has 146 valence electrons. The Kier molecular flexibility index (Phi) is 5.49. The summed E-state index contributed by atoms with van der Waals surface area (Å²) >= 11 is 0. The van der Waals surface area contributed by atoms with E-state index in [9.17, 15) is 4.79 Å². The molecule has 1 atom stereocenters. The van der Waals surface area contributed by atoms with E-state index in [0.717, 1.165) is 11.3 Å². The number of carbonyl (C=O) groups excluding carboxylic acids is 1. The van der Waals surface area contributed by atoms with Crippen LogP contribution in [0.3, 0.4) is 0 Å². The fraction of sp³-hybridized carbons (Fsp3) is 0.318. The van der Waals surface area contributed by atoms with Crippen LogP contribution in [0.1, 0.15) is 39.0 Å². The summed E-state index contributed by atoms with van der Waals surface area (Å²) in [6.45, 7) is 9.94. The maximum atomic E-state index is 12.7. The summed E-state index contributed by atoms with van der Waals surface area (Å²) in [5.74, 6) is 1.61. The number of hydrogen-bond donors (Lipinski definition) is 1. The molecule has 1 amide bonds. The molecule has 1 unspecified atom stereocenters. The zero-order chi connectivity index (χ0) is 20.3. The molecule has 0 aliphatic carbocycles. The van der Waals surface area contributed by atoms with Crippen LogP contribution in [-0.2, 0) is 10.2 Å². The number of pyridine rings is 1. The lowest BCUT2D eigenvalue weighted by Crippen LogP contribution is -2.31. The average molecular weight is 378 g/mol. The van der Waals surface area contributed by atoms with Crippen molar-refractivity contribution in [3.8, 4) is 11.6 Å². The van der Waals surface area contributed by atoms with Gasteiger partial charge in [-0.1, -0.05) is 39.0 Å². The van der Waals surface area contributed by atoms with E-state index in [-0.39, 0.29) is 11.3 Å². The van der Waals surface area contributed by atoms with Gasteiger partial charge in [-0.25, -0.2) is 4.98 Å². The Bertz CT molecular complexity index is 958. The van der Waals surface area contributed by atoms with Gasteiger partial charge in [0.1, 0.15) is 11.6 Å². The van der Waals surface area contributed by atoms with Crippen LogP contribution in [0.15, 0.2) is 54.7 Å². The Morgan fingerprint density at radius 2 is 1.93 bits per heavy atom. The number of rotatable bonds is 5. The van der Waals surface area contributed by atoms with Gasteiger partial charge in [-0.15, -0.1) is 0 Å². The first-order chi connectivity index (χ1) is 13.2. The average Bonchev–Trinajstić information content (AvgIpc) is 3.06. The first-order valence-electron chi connectivity index (χ1n) is 9.30. The quantitative estimate of drug-likeness (QED) is 0.719. The van der Waals surface area contributed by atoms with Gasteiger partial charge in [-0.3, -0.25) is 4.79 Å². The number of nitrogens with zero attached hydrogens (tertiary/aromatic N) is 3. The Labute approximate surface area is 165 Å². The third-order valence-electron chi connectivity index (χ3n) is 4.27. The standard InChI is InChI=1S/C22H26N4O2/c1-15-9-8-10-17(13-15)28-16(2)21(27)24-20-14-18(22(3,4)5)25-26(20)19-11-6-7-12-23-19/h6-14,16H,1-5H3,(H,24,27). The van der Waals surface area contributed by atoms with Crippen molar-refractivity contribution in [2.45, 2.75) is 46.1 Å². The number of amides is 1. The van der Waals surface area contributed by atoms with Crippen molar-refractivity contribution in [1.29, 1.82) is 0 Å². The first-order valence-corrected chi connectivity index (χ1v) is 9.30. The maximum Gasteiger partial charge on any atom is 0.266 e. The normalized spacial score (nSPS) is 12.5. The summed E-state index contributed by atoms with van der Waals surface area (Å²) in [4.78, 5) is 17.1. The Hall–Kier alpha value is -3.15. The van der Waals surface area contributed by atoms with Crippen LogP contribution in [-0.4, -0.2) is 26.8 Å². The summed E-state index contributed by atoms with van der Waals surface area (Å²) in [5.41, 5.74) is 1.78. The molecule has 0 aliphatic heterocycles. The van der Waals surface area contributed by atoms with E-state index in [4.69, 9.17) is 4.74 Å². The third-order valence-corrected chi connectivity index (χ3v) is 4.27. The van der Waals surface area contributed by atoms with Crippen LogP contribution in [0.2, 0.25) is 0 Å². The Morgan fingerprint density at radius 1 is 1.14 bits per heavy atom. The van der Waals surface area contributed by atoms with Crippen LogP contribution < -0.4 is 10.1 Å². The van der Waals surface area contributed by atoms with E-state index in [1.807, 2.05) is 55.5 Å². The van der Waals surface area contributed by atoms with E-state index < -0.39 is 6.10 Å². The number of ether oxygens (including phenoxy) is 1. The van der Waals surface area contributed by atoms with Gasteiger partial charge in [0.05, 0.1) is 5.69 Å². The molecule has 2 heterocycles. The molecule has 0 spiro atoms. The van der Waals surface area contributed by atoms with E-state index in [0.29, 0.717) is 17.4 Å². The summed E-state index contributed by atoms with van der Waals surface area (Å²) in [6.07, 6.45) is 1.04. The van der Waals surface area contributed by atoms with Crippen molar-refractivity contribution in [3.05, 3.63) is 66.0 Å². The van der Waals surface area contributed by atoms with Gasteiger partial charge in [0.15, 0.2) is 11.9 Å². The number of hydrogen-bond acceptors (Lipinski definition) is 4. The summed E-state index contributed by atoms with van der Waals surface area (Å²) < 4.78 is 7.44. The van der Waals surface area contributed by atoms with E-state index in [1.54, 1.807) is 17.8 Å². The minimum atomic E-state index is -0.660. The second-order valence-corrected chi connectivity index (χ2v) is 7.83. The number of benzene rings is 1. The van der Waals surface area contributed by atoms with Gasteiger partial charge < -0.3 is 10.1 Å². The summed E-state index contributed by atoms with van der Waals surface area (Å²) in [5, 5.41) is 7.59. The number of aryl methyl sites for hydroxylation is 1. The monoisotopic (exact) mass is 378 g/mol. The molecule has 3 rings (SSSR count). The van der Waals surface area contributed by atoms with Gasteiger partial charge in [-0.2, -0.15) is 9.78 Å². The highest BCUT2D eigenvalue weighted by molar-refractivity contribution is 5.93. The lowest BCUT2D eigenvalue weighted by atomic mass is 9.92. The SMILES string of the molecule is Cc1cccc(OC(C)C(=O)Nc2cc(C(C)(C)C)nn2-c2ccccn2)c1. The minimum absolute atomic E-state index is 0.164. The minimum Gasteiger partial charge on any atom is -0.481 e. The molecule has 0 fully saturated rings. The largest absolute Gasteiger partial charge is 0.481 e. The number of aromatic nitrogens is 3. The predicted octanol–water partition coefficient (Wildman–Crippen LogP) is 4.28. The van der Waals surface area contributed by atoms with Crippen LogP contribution >= 0.6 is 0 Å². The molecule has 1 aromatic carbocycles. The Balaban J connectivity index is 1.84. The van der Waals surface area contributed by atoms with Gasteiger partial charge in [0.25, 0.3) is 5.91 Å². The van der Waals surface area contributed by atoms with Crippen LogP contribution in [0.25, 0.3) is 5.82 Å². The molecule has 2 aromatic heterocycles. The molecule has 0 aliphatic rings. The second-order valence-electron chi connectivity index (χ2n) is 7.83. The van der Waals surface area contributed by atoms with Gasteiger partial charge in [-0.05, 0) is 43.7 Å². The number of anilines is 1. The maximum absolute atomic E-state index is 12.7. The molecule has 0 saturated carbocycles. The molecular weight excluding hydrogens is 352 g/mol. The lowest BCUT2D eigenvalue weighted by molar-refractivity contribution is -0.122.